The van der Waals surface area contributed by atoms with Gasteiger partial charge in [-0.15, -0.1) is 0 Å². The Labute approximate surface area is 125 Å². The molecule has 1 aromatic rings. The predicted octanol–water partition coefficient (Wildman–Crippen LogP) is 2.95. The fourth-order valence-electron chi connectivity index (χ4n) is 3.60. The molecule has 114 valence electrons. The average molecular weight is 289 g/mol. The number of aliphatic hydroxyl groups is 1. The number of fused-ring (bicyclic) bond motifs is 1. The first-order valence-corrected chi connectivity index (χ1v) is 7.85. The number of hydrogen-bond donors (Lipinski definition) is 1. The van der Waals surface area contributed by atoms with Crippen molar-refractivity contribution in [1.82, 2.24) is 4.90 Å². The zero-order chi connectivity index (χ0) is 14.7. The van der Waals surface area contributed by atoms with Gasteiger partial charge in [0.2, 0.25) is 0 Å². The molecule has 3 rings (SSSR count). The van der Waals surface area contributed by atoms with E-state index >= 15 is 0 Å². The number of rotatable bonds is 2. The zero-order valence-electron chi connectivity index (χ0n) is 12.3. The van der Waals surface area contributed by atoms with Crippen LogP contribution in [0.3, 0.4) is 0 Å². The topological polar surface area (TPSA) is 49.8 Å². The minimum absolute atomic E-state index is 0.290. The summed E-state index contributed by atoms with van der Waals surface area (Å²) in [7, 11) is 0. The molecule has 4 heteroatoms. The van der Waals surface area contributed by atoms with Crippen molar-refractivity contribution in [2.45, 2.75) is 44.3 Å². The van der Waals surface area contributed by atoms with Gasteiger partial charge in [0, 0.05) is 6.54 Å². The fraction of sp³-hybridized carbons (Fsp3) is 0.588. The quantitative estimate of drug-likeness (QED) is 0.910. The van der Waals surface area contributed by atoms with E-state index in [0.29, 0.717) is 19.0 Å². The molecule has 1 saturated heterocycles. The summed E-state index contributed by atoms with van der Waals surface area (Å²) in [5, 5.41) is 10.7. The molecule has 1 aliphatic carbocycles. The van der Waals surface area contributed by atoms with Crippen molar-refractivity contribution in [3.63, 3.8) is 0 Å². The highest BCUT2D eigenvalue weighted by Crippen LogP contribution is 2.39. The first-order chi connectivity index (χ1) is 10.2. The van der Waals surface area contributed by atoms with E-state index in [9.17, 15) is 9.90 Å². The van der Waals surface area contributed by atoms with E-state index in [-0.39, 0.29) is 12.7 Å². The summed E-state index contributed by atoms with van der Waals surface area (Å²) < 4.78 is 5.37. The molecular formula is C17H23NO3. The molecular weight excluding hydrogens is 266 g/mol. The third kappa shape index (κ3) is 3.21. The van der Waals surface area contributed by atoms with Crippen molar-refractivity contribution >= 4 is 6.09 Å². The third-order valence-electron chi connectivity index (χ3n) is 4.85. The fourth-order valence-corrected chi connectivity index (χ4v) is 3.60. The second-order valence-corrected chi connectivity index (χ2v) is 6.30. The van der Waals surface area contributed by atoms with Crippen LogP contribution in [0.2, 0.25) is 0 Å². The van der Waals surface area contributed by atoms with Gasteiger partial charge in [-0.1, -0.05) is 43.2 Å². The molecule has 2 fully saturated rings. The van der Waals surface area contributed by atoms with Gasteiger partial charge >= 0.3 is 6.09 Å². The van der Waals surface area contributed by atoms with Crippen LogP contribution in [-0.2, 0) is 11.3 Å². The average Bonchev–Trinajstić information content (AvgIpc) is 2.52. The SMILES string of the molecule is O=C(OCc1ccccc1)N1CC[C@H]2CCCC[C@]2(O)C1. The number of carbonyl (C=O) groups excluding carboxylic acids is 1. The highest BCUT2D eigenvalue weighted by atomic mass is 16.6. The summed E-state index contributed by atoms with van der Waals surface area (Å²) in [5.41, 5.74) is 0.291. The smallest absolute Gasteiger partial charge is 0.410 e. The lowest BCUT2D eigenvalue weighted by atomic mass is 9.71. The Morgan fingerprint density at radius 2 is 2.10 bits per heavy atom. The van der Waals surface area contributed by atoms with Crippen molar-refractivity contribution in [3.8, 4) is 0 Å². The number of ether oxygens (including phenoxy) is 1. The van der Waals surface area contributed by atoms with Gasteiger partial charge in [0.15, 0.2) is 0 Å². The van der Waals surface area contributed by atoms with Crippen molar-refractivity contribution in [1.29, 1.82) is 0 Å². The summed E-state index contributed by atoms with van der Waals surface area (Å²) in [6.07, 6.45) is 4.72. The van der Waals surface area contributed by atoms with Crippen molar-refractivity contribution in [3.05, 3.63) is 35.9 Å². The van der Waals surface area contributed by atoms with Crippen molar-refractivity contribution in [2.24, 2.45) is 5.92 Å². The summed E-state index contributed by atoms with van der Waals surface area (Å²) >= 11 is 0. The van der Waals surface area contributed by atoms with Gasteiger partial charge in [-0.2, -0.15) is 0 Å². The van der Waals surface area contributed by atoms with Gasteiger partial charge in [0.05, 0.1) is 12.1 Å². The van der Waals surface area contributed by atoms with E-state index in [4.69, 9.17) is 4.74 Å². The maximum Gasteiger partial charge on any atom is 0.410 e. The third-order valence-corrected chi connectivity index (χ3v) is 4.85. The van der Waals surface area contributed by atoms with Gasteiger partial charge in [0.1, 0.15) is 6.61 Å². The maximum absolute atomic E-state index is 12.2. The zero-order valence-corrected chi connectivity index (χ0v) is 12.3. The van der Waals surface area contributed by atoms with Crippen LogP contribution in [0.5, 0.6) is 0 Å². The molecule has 0 aromatic heterocycles. The molecule has 0 spiro atoms. The van der Waals surface area contributed by atoms with Gasteiger partial charge in [0.25, 0.3) is 0 Å². The van der Waals surface area contributed by atoms with Crippen LogP contribution in [0.15, 0.2) is 30.3 Å². The summed E-state index contributed by atoms with van der Waals surface area (Å²) in [5.74, 6) is 0.351. The molecule has 1 N–H and O–H groups in total. The van der Waals surface area contributed by atoms with Crippen LogP contribution < -0.4 is 0 Å². The first-order valence-electron chi connectivity index (χ1n) is 7.85. The van der Waals surface area contributed by atoms with E-state index in [1.807, 2.05) is 30.3 Å². The standard InChI is InChI=1S/C17H23NO3/c19-16(21-12-14-6-2-1-3-7-14)18-11-9-15-8-4-5-10-17(15,20)13-18/h1-3,6-7,15,20H,4-5,8-13H2/t15-,17+/m1/s1. The van der Waals surface area contributed by atoms with E-state index in [0.717, 1.165) is 31.2 Å². The van der Waals surface area contributed by atoms with Crippen LogP contribution in [0.25, 0.3) is 0 Å². The maximum atomic E-state index is 12.2. The molecule has 2 aliphatic rings. The lowest BCUT2D eigenvalue weighted by Crippen LogP contribution is -2.56. The van der Waals surface area contributed by atoms with E-state index in [1.54, 1.807) is 4.90 Å². The Hall–Kier alpha value is -1.55. The minimum Gasteiger partial charge on any atom is -0.445 e. The summed E-state index contributed by atoms with van der Waals surface area (Å²) in [4.78, 5) is 13.9. The van der Waals surface area contributed by atoms with E-state index in [2.05, 4.69) is 0 Å². The second-order valence-electron chi connectivity index (χ2n) is 6.30. The molecule has 1 aliphatic heterocycles. The van der Waals surface area contributed by atoms with Crippen LogP contribution in [0.1, 0.15) is 37.7 Å². The number of β-amino-alcohol motifs (C(OH)–C–C–N with tert-alkyl or cyclic N) is 1. The van der Waals surface area contributed by atoms with Gasteiger partial charge in [-0.25, -0.2) is 4.79 Å². The largest absolute Gasteiger partial charge is 0.445 e. The lowest BCUT2D eigenvalue weighted by molar-refractivity contribution is -0.0955. The highest BCUT2D eigenvalue weighted by Gasteiger charge is 2.44. The number of amides is 1. The van der Waals surface area contributed by atoms with E-state index in [1.165, 1.54) is 6.42 Å². The van der Waals surface area contributed by atoms with Crippen molar-refractivity contribution in [2.75, 3.05) is 13.1 Å². The van der Waals surface area contributed by atoms with Gasteiger partial charge in [-0.05, 0) is 30.7 Å². The van der Waals surface area contributed by atoms with Crippen LogP contribution in [-0.4, -0.2) is 34.8 Å². The Balaban J connectivity index is 1.56. The highest BCUT2D eigenvalue weighted by molar-refractivity contribution is 5.68. The molecule has 1 saturated carbocycles. The second kappa shape index (κ2) is 6.06. The number of likely N-dealkylation sites (tertiary alicyclic amines) is 1. The molecule has 2 atom stereocenters. The van der Waals surface area contributed by atoms with Gasteiger partial charge in [-0.3, -0.25) is 0 Å². The Morgan fingerprint density at radius 3 is 2.90 bits per heavy atom. The lowest BCUT2D eigenvalue weighted by Gasteiger charge is -2.47. The summed E-state index contributed by atoms with van der Waals surface area (Å²) in [6.45, 7) is 1.41. The normalized spacial score (nSPS) is 28.8. The molecule has 0 radical (unpaired) electrons. The number of benzene rings is 1. The molecule has 1 aromatic carbocycles. The Kier molecular flexibility index (Phi) is 4.15. The minimum atomic E-state index is -0.692. The number of piperidine rings is 1. The molecule has 0 unspecified atom stereocenters. The molecule has 21 heavy (non-hydrogen) atoms. The van der Waals surface area contributed by atoms with E-state index < -0.39 is 5.60 Å². The Morgan fingerprint density at radius 1 is 1.29 bits per heavy atom. The van der Waals surface area contributed by atoms with Crippen LogP contribution >= 0.6 is 0 Å². The molecule has 4 nitrogen and oxygen atoms in total. The van der Waals surface area contributed by atoms with Gasteiger partial charge < -0.3 is 14.7 Å². The summed E-state index contributed by atoms with van der Waals surface area (Å²) in [6, 6.07) is 9.68. The first kappa shape index (κ1) is 14.4. The number of hydrogen-bond acceptors (Lipinski definition) is 3. The predicted molar refractivity (Wildman–Crippen MR) is 79.7 cm³/mol. The number of carbonyl (C=O) groups is 1. The molecule has 0 bridgehead atoms. The van der Waals surface area contributed by atoms with Crippen molar-refractivity contribution < 1.29 is 14.6 Å². The molecule has 1 heterocycles. The monoisotopic (exact) mass is 289 g/mol. The molecule has 1 amide bonds. The Bertz CT molecular complexity index is 490. The van der Waals surface area contributed by atoms with Crippen LogP contribution in [0, 0.1) is 5.92 Å². The number of nitrogens with zero attached hydrogens (tertiary/aromatic N) is 1. The van der Waals surface area contributed by atoms with Crippen LogP contribution in [0.4, 0.5) is 4.79 Å².